The predicted octanol–water partition coefficient (Wildman–Crippen LogP) is 1.88. The van der Waals surface area contributed by atoms with E-state index < -0.39 is 12.5 Å². The summed E-state index contributed by atoms with van der Waals surface area (Å²) in [5, 5.41) is 19.1. The van der Waals surface area contributed by atoms with E-state index in [-0.39, 0.29) is 5.57 Å². The van der Waals surface area contributed by atoms with Crippen molar-refractivity contribution in [2.45, 2.75) is 26.4 Å². The molecule has 4 N–H and O–H groups in total. The number of aliphatic hydroxyl groups excluding tert-OH is 1. The predicted molar refractivity (Wildman–Crippen MR) is 137 cm³/mol. The number of aryl methyl sites for hydroxylation is 2. The lowest BCUT2D eigenvalue weighted by molar-refractivity contribution is -0.114. The van der Waals surface area contributed by atoms with Crippen LogP contribution < -0.4 is 16.0 Å². The van der Waals surface area contributed by atoms with E-state index in [0.29, 0.717) is 40.9 Å². The number of aromatic nitrogens is 6. The van der Waals surface area contributed by atoms with E-state index in [2.05, 4.69) is 36.5 Å². The summed E-state index contributed by atoms with van der Waals surface area (Å²) < 4.78 is 4.10. The molecule has 36 heavy (non-hydrogen) atoms. The van der Waals surface area contributed by atoms with Crippen molar-refractivity contribution in [3.63, 3.8) is 0 Å². The third kappa shape index (κ3) is 4.18. The summed E-state index contributed by atoms with van der Waals surface area (Å²) in [7, 11) is 1.73. The summed E-state index contributed by atoms with van der Waals surface area (Å²) >= 11 is 0. The third-order valence-electron chi connectivity index (χ3n) is 6.40. The number of aliphatic hydroxyl groups is 1. The average Bonchev–Trinajstić information content (AvgIpc) is 3.44. The summed E-state index contributed by atoms with van der Waals surface area (Å²) in [5.74, 6) is 2.48. The Morgan fingerprint density at radius 1 is 1.31 bits per heavy atom. The van der Waals surface area contributed by atoms with Crippen molar-refractivity contribution in [1.82, 2.24) is 29.3 Å². The summed E-state index contributed by atoms with van der Waals surface area (Å²) in [6, 6.07) is 5.73. The summed E-state index contributed by atoms with van der Waals surface area (Å²) in [6.07, 6.45) is 6.31. The first-order valence-electron chi connectivity index (χ1n) is 11.3. The lowest BCUT2D eigenvalue weighted by Crippen LogP contribution is -2.21. The number of anilines is 4. The minimum atomic E-state index is -0.589. The van der Waals surface area contributed by atoms with Gasteiger partial charge in [0.1, 0.15) is 23.3 Å². The van der Waals surface area contributed by atoms with Crippen LogP contribution >= 0.6 is 0 Å². The monoisotopic (exact) mass is 486 g/mol. The molecule has 0 aliphatic carbocycles. The zero-order chi connectivity index (χ0) is 25.4. The van der Waals surface area contributed by atoms with E-state index in [9.17, 15) is 9.90 Å². The molecule has 4 aromatic heterocycles. The first-order valence-corrected chi connectivity index (χ1v) is 11.3. The van der Waals surface area contributed by atoms with E-state index >= 15 is 0 Å². The second-order valence-electron chi connectivity index (χ2n) is 8.49. The second kappa shape index (κ2) is 9.23. The van der Waals surface area contributed by atoms with Gasteiger partial charge in [0.2, 0.25) is 0 Å². The van der Waals surface area contributed by atoms with Crippen molar-refractivity contribution in [3.05, 3.63) is 59.6 Å². The van der Waals surface area contributed by atoms with Crippen molar-refractivity contribution >= 4 is 46.7 Å². The number of allylic oxidation sites excluding steroid dienone is 1. The van der Waals surface area contributed by atoms with Crippen LogP contribution in [0.4, 0.5) is 23.3 Å². The number of aliphatic imine (C=N–C) groups is 1. The van der Waals surface area contributed by atoms with Crippen LogP contribution in [-0.4, -0.2) is 60.7 Å². The van der Waals surface area contributed by atoms with Gasteiger partial charge < -0.3 is 25.6 Å². The number of nitrogen functional groups attached to an aromatic ring is 1. The molecule has 0 bridgehead atoms. The Morgan fingerprint density at radius 3 is 2.92 bits per heavy atom. The smallest absolute Gasteiger partial charge is 0.276 e. The molecule has 1 amide bonds. The number of nitrogens with zero attached hydrogens (tertiary/aromatic N) is 8. The van der Waals surface area contributed by atoms with Gasteiger partial charge in [-0.2, -0.15) is 5.10 Å². The molecule has 4 aromatic rings. The number of carbonyl (C=O) groups excluding carboxylic acids is 1. The minimum Gasteiger partial charge on any atom is -0.391 e. The maximum atomic E-state index is 12.0. The van der Waals surface area contributed by atoms with E-state index in [1.807, 2.05) is 35.3 Å². The maximum absolute atomic E-state index is 12.0. The Kier molecular flexibility index (Phi) is 5.94. The Hall–Kier alpha value is -4.58. The molecule has 0 spiro atoms. The average molecular weight is 487 g/mol. The Labute approximate surface area is 206 Å². The topological polar surface area (TPSA) is 152 Å². The third-order valence-corrected chi connectivity index (χ3v) is 6.40. The van der Waals surface area contributed by atoms with Crippen LogP contribution in [0, 0.1) is 0 Å². The van der Waals surface area contributed by atoms with Gasteiger partial charge in [0.15, 0.2) is 5.82 Å². The van der Waals surface area contributed by atoms with E-state index in [0.717, 1.165) is 29.9 Å². The normalized spacial score (nSPS) is 13.4. The Balaban J connectivity index is 1.44. The molecule has 1 aliphatic heterocycles. The number of hydrogen-bond donors (Lipinski definition) is 3. The zero-order valence-electron chi connectivity index (χ0n) is 20.0. The van der Waals surface area contributed by atoms with Crippen molar-refractivity contribution in [2.75, 3.05) is 29.6 Å². The van der Waals surface area contributed by atoms with Crippen LogP contribution in [0.25, 0.3) is 10.8 Å². The van der Waals surface area contributed by atoms with Crippen molar-refractivity contribution in [3.8, 4) is 0 Å². The van der Waals surface area contributed by atoms with Crippen LogP contribution in [0.3, 0.4) is 0 Å². The van der Waals surface area contributed by atoms with Gasteiger partial charge in [-0.05, 0) is 31.2 Å². The molecular formula is C24H26N10O2. The minimum absolute atomic E-state index is 0.132. The SMILES string of the molecule is C=NC(=O)/C(CO)=C(/C)N(C)c1cc2cc(Nc3cc4n(n3)Cc3nccn3CC4)ncc2c(N)n1. The molecule has 5 heterocycles. The quantitative estimate of drug-likeness (QED) is 0.274. The van der Waals surface area contributed by atoms with Gasteiger partial charge in [0.05, 0.1) is 18.7 Å². The van der Waals surface area contributed by atoms with Gasteiger partial charge in [0, 0.05) is 61.4 Å². The molecule has 0 aromatic carbocycles. The van der Waals surface area contributed by atoms with Crippen LogP contribution in [-0.2, 0) is 24.3 Å². The zero-order valence-corrected chi connectivity index (χ0v) is 20.0. The Bertz CT molecular complexity index is 1520. The van der Waals surface area contributed by atoms with E-state index in [4.69, 9.17) is 10.8 Å². The summed E-state index contributed by atoms with van der Waals surface area (Å²) in [5.41, 5.74) is 7.96. The van der Waals surface area contributed by atoms with E-state index in [1.54, 1.807) is 25.1 Å². The number of pyridine rings is 2. The lowest BCUT2D eigenvalue weighted by Gasteiger charge is -2.22. The molecule has 0 radical (unpaired) electrons. The first-order chi connectivity index (χ1) is 17.4. The van der Waals surface area contributed by atoms with Gasteiger partial charge in [-0.15, -0.1) is 0 Å². The molecule has 12 nitrogen and oxygen atoms in total. The molecular weight excluding hydrogens is 460 g/mol. The van der Waals surface area contributed by atoms with Gasteiger partial charge >= 0.3 is 0 Å². The number of hydrogen-bond acceptors (Lipinski definition) is 9. The fourth-order valence-electron chi connectivity index (χ4n) is 4.26. The largest absolute Gasteiger partial charge is 0.391 e. The highest BCUT2D eigenvalue weighted by Gasteiger charge is 2.18. The van der Waals surface area contributed by atoms with Gasteiger partial charge in [-0.1, -0.05) is 0 Å². The molecule has 1 aliphatic rings. The first kappa shape index (κ1) is 23.2. The number of fused-ring (bicyclic) bond motifs is 3. The summed E-state index contributed by atoms with van der Waals surface area (Å²) in [6.45, 7) is 5.96. The number of nitrogens with one attached hydrogen (secondary N) is 1. The van der Waals surface area contributed by atoms with Crippen LogP contribution in [0.2, 0.25) is 0 Å². The number of rotatable bonds is 6. The van der Waals surface area contributed by atoms with Crippen molar-refractivity contribution < 1.29 is 9.90 Å². The molecule has 0 saturated heterocycles. The fourth-order valence-corrected chi connectivity index (χ4v) is 4.26. The van der Waals surface area contributed by atoms with Crippen molar-refractivity contribution in [1.29, 1.82) is 0 Å². The highest BCUT2D eigenvalue weighted by atomic mass is 16.3. The highest BCUT2D eigenvalue weighted by Crippen LogP contribution is 2.29. The molecule has 184 valence electrons. The maximum Gasteiger partial charge on any atom is 0.276 e. The number of nitrogens with two attached hydrogens (primary N) is 1. The second-order valence-corrected chi connectivity index (χ2v) is 8.49. The molecule has 0 fully saturated rings. The number of carbonyl (C=O) groups is 1. The number of imidazole rings is 1. The molecule has 0 saturated carbocycles. The molecule has 0 atom stereocenters. The number of amides is 1. The Morgan fingerprint density at radius 2 is 2.14 bits per heavy atom. The lowest BCUT2D eigenvalue weighted by atomic mass is 10.1. The highest BCUT2D eigenvalue weighted by molar-refractivity contribution is 5.98. The van der Waals surface area contributed by atoms with Gasteiger partial charge in [-0.25, -0.2) is 19.9 Å². The van der Waals surface area contributed by atoms with Crippen LogP contribution in [0.1, 0.15) is 18.4 Å². The van der Waals surface area contributed by atoms with E-state index in [1.165, 1.54) is 0 Å². The molecule has 5 rings (SSSR count). The molecule has 0 unspecified atom stereocenters. The fraction of sp³-hybridized carbons (Fsp3) is 0.250. The molecule has 12 heteroatoms. The van der Waals surface area contributed by atoms with Crippen LogP contribution in [0.5, 0.6) is 0 Å². The van der Waals surface area contributed by atoms with Gasteiger partial charge in [0.25, 0.3) is 5.91 Å². The van der Waals surface area contributed by atoms with Gasteiger partial charge in [-0.3, -0.25) is 9.48 Å². The van der Waals surface area contributed by atoms with Crippen molar-refractivity contribution in [2.24, 2.45) is 4.99 Å². The standard InChI is InChI=1S/C24H26N10O2/c1-14(18(13-35)24(36)26-2)32(3)21-9-15-8-19(28-11-17(15)23(25)30-21)29-20-10-16-4-6-33-7-5-27-22(33)12-34(16)31-20/h5,7-11,35H,2,4,6,12-13H2,1,3H3,(H2,25,30)(H,28,29,31)/b18-14-. The summed E-state index contributed by atoms with van der Waals surface area (Å²) in [4.78, 5) is 30.4. The van der Waals surface area contributed by atoms with Crippen LogP contribution in [0.15, 0.2) is 53.1 Å².